The molecule has 0 spiro atoms. The summed E-state index contributed by atoms with van der Waals surface area (Å²) in [4.78, 5) is 24.8. The van der Waals surface area contributed by atoms with Gasteiger partial charge in [0.05, 0.1) is 9.82 Å². The van der Waals surface area contributed by atoms with E-state index in [0.717, 1.165) is 59.4 Å². The van der Waals surface area contributed by atoms with Gasteiger partial charge in [-0.15, -0.1) is 0 Å². The van der Waals surface area contributed by atoms with Gasteiger partial charge in [0.25, 0.3) is 15.7 Å². The van der Waals surface area contributed by atoms with Crippen molar-refractivity contribution in [1.82, 2.24) is 4.72 Å². The van der Waals surface area contributed by atoms with Crippen LogP contribution in [0.2, 0.25) is 0 Å². The average Bonchev–Trinajstić information content (AvgIpc) is 2.99. The second-order valence-electron chi connectivity index (χ2n) is 13.7. The topological polar surface area (TPSA) is 118 Å². The highest BCUT2D eigenvalue weighted by molar-refractivity contribution is 7.90. The minimum absolute atomic E-state index is 0.111. The number of benzene rings is 3. The van der Waals surface area contributed by atoms with Gasteiger partial charge in [-0.05, 0) is 109 Å². The van der Waals surface area contributed by atoms with E-state index in [0.29, 0.717) is 18.7 Å². The molecule has 5 aliphatic rings. The van der Waals surface area contributed by atoms with E-state index in [-0.39, 0.29) is 21.9 Å². The highest BCUT2D eigenvalue weighted by Gasteiger charge is 2.50. The molecule has 5 aliphatic carbocycles. The Balaban J connectivity index is 1.09. The van der Waals surface area contributed by atoms with Crippen LogP contribution in [-0.2, 0) is 14.8 Å². The van der Waals surface area contributed by atoms with Crippen LogP contribution in [0.4, 0.5) is 11.4 Å². The minimum atomic E-state index is -4.31. The monoisotopic (exact) mass is 601 g/mol. The number of hydrogen-bond acceptors (Lipinski definition) is 6. The van der Waals surface area contributed by atoms with Gasteiger partial charge in [-0.1, -0.05) is 55.3 Å². The number of carbonyl (C=O) groups excluding carboxylic acids is 1. The van der Waals surface area contributed by atoms with Gasteiger partial charge in [0.15, 0.2) is 0 Å². The van der Waals surface area contributed by atoms with Gasteiger partial charge in [-0.2, -0.15) is 0 Å². The van der Waals surface area contributed by atoms with Gasteiger partial charge in [0, 0.05) is 18.5 Å². The Bertz CT molecular complexity index is 1650. The summed E-state index contributed by atoms with van der Waals surface area (Å²) in [7, 11) is -4.31. The van der Waals surface area contributed by atoms with Crippen molar-refractivity contribution in [3.05, 3.63) is 76.3 Å². The predicted octanol–water partition coefficient (Wildman–Crippen LogP) is 7.16. The van der Waals surface area contributed by atoms with Crippen LogP contribution in [-0.4, -0.2) is 25.8 Å². The van der Waals surface area contributed by atoms with Crippen LogP contribution in [0.15, 0.2) is 65.6 Å². The maximum absolute atomic E-state index is 13.6. The number of anilines is 1. The third kappa shape index (κ3) is 5.41. The molecule has 8 rings (SSSR count). The molecule has 2 unspecified atom stereocenters. The SMILES string of the molecule is O=C(NS(=O)(=O)c1ccc(NCC23CC4CC(CC(C4)C2)C3)c([N+](=O)[O-])c1)C1CCCCC1c1cccc2ccccc12. The third-order valence-corrected chi connectivity index (χ3v) is 12.2. The first kappa shape index (κ1) is 28.3. The number of nitro benzene ring substituents is 1. The highest BCUT2D eigenvalue weighted by atomic mass is 32.2. The molecule has 226 valence electrons. The van der Waals surface area contributed by atoms with Crippen molar-refractivity contribution in [3.8, 4) is 0 Å². The summed E-state index contributed by atoms with van der Waals surface area (Å²) in [6.07, 6.45) is 10.6. The lowest BCUT2D eigenvalue weighted by Gasteiger charge is -2.57. The number of sulfonamides is 1. The predicted molar refractivity (Wildman–Crippen MR) is 166 cm³/mol. The Morgan fingerprint density at radius 2 is 1.58 bits per heavy atom. The molecule has 3 aromatic rings. The number of hydrogen-bond donors (Lipinski definition) is 2. The largest absolute Gasteiger partial charge is 0.379 e. The molecule has 43 heavy (non-hydrogen) atoms. The molecule has 0 aliphatic heterocycles. The Morgan fingerprint density at radius 3 is 2.30 bits per heavy atom. The van der Waals surface area contributed by atoms with Crippen LogP contribution in [0.3, 0.4) is 0 Å². The van der Waals surface area contributed by atoms with E-state index in [1.165, 1.54) is 50.7 Å². The quantitative estimate of drug-likeness (QED) is 0.209. The number of amides is 1. The molecule has 1 amide bonds. The van der Waals surface area contributed by atoms with Gasteiger partial charge in [-0.25, -0.2) is 13.1 Å². The van der Waals surface area contributed by atoms with E-state index in [9.17, 15) is 23.3 Å². The highest BCUT2D eigenvalue weighted by Crippen LogP contribution is 2.60. The van der Waals surface area contributed by atoms with E-state index in [2.05, 4.69) is 10.0 Å². The van der Waals surface area contributed by atoms with Gasteiger partial charge in [0.2, 0.25) is 5.91 Å². The second kappa shape index (κ2) is 10.9. The van der Waals surface area contributed by atoms with E-state index < -0.39 is 26.8 Å². The number of fused-ring (bicyclic) bond motifs is 1. The maximum atomic E-state index is 13.6. The molecule has 2 atom stereocenters. The summed E-state index contributed by atoms with van der Waals surface area (Å²) in [6, 6.07) is 18.0. The fourth-order valence-electron chi connectivity index (χ4n) is 9.43. The molecule has 0 radical (unpaired) electrons. The summed E-state index contributed by atoms with van der Waals surface area (Å²) in [5.41, 5.74) is 1.27. The van der Waals surface area contributed by atoms with Crippen LogP contribution < -0.4 is 10.0 Å². The van der Waals surface area contributed by atoms with Crippen LogP contribution in [0.5, 0.6) is 0 Å². The summed E-state index contributed by atoms with van der Waals surface area (Å²) in [5, 5.41) is 17.6. The fourth-order valence-corrected chi connectivity index (χ4v) is 10.5. The Hall–Kier alpha value is -3.46. The van der Waals surface area contributed by atoms with Crippen molar-refractivity contribution in [2.45, 2.75) is 75.0 Å². The van der Waals surface area contributed by atoms with Gasteiger partial charge < -0.3 is 5.32 Å². The molecule has 0 heterocycles. The summed E-state index contributed by atoms with van der Waals surface area (Å²) < 4.78 is 29.2. The molecule has 5 fully saturated rings. The maximum Gasteiger partial charge on any atom is 0.293 e. The van der Waals surface area contributed by atoms with Crippen molar-refractivity contribution in [1.29, 1.82) is 0 Å². The molecule has 9 heteroatoms. The number of nitrogens with one attached hydrogen (secondary N) is 2. The van der Waals surface area contributed by atoms with Crippen molar-refractivity contribution in [2.24, 2.45) is 29.1 Å². The lowest BCUT2D eigenvalue weighted by atomic mass is 9.49. The first-order valence-corrected chi connectivity index (χ1v) is 17.2. The second-order valence-corrected chi connectivity index (χ2v) is 15.4. The van der Waals surface area contributed by atoms with E-state index in [1.807, 2.05) is 42.5 Å². The first-order valence-electron chi connectivity index (χ1n) is 15.8. The molecule has 0 aromatic heterocycles. The minimum Gasteiger partial charge on any atom is -0.379 e. The molecule has 0 saturated heterocycles. The Labute approximate surface area is 252 Å². The van der Waals surface area contributed by atoms with E-state index >= 15 is 0 Å². The van der Waals surface area contributed by atoms with Crippen molar-refractivity contribution in [2.75, 3.05) is 11.9 Å². The first-order chi connectivity index (χ1) is 20.7. The smallest absolute Gasteiger partial charge is 0.293 e. The zero-order valence-corrected chi connectivity index (χ0v) is 25.2. The molecule has 4 bridgehead atoms. The lowest BCUT2D eigenvalue weighted by Crippen LogP contribution is -2.49. The molecule has 3 aromatic carbocycles. The normalized spacial score (nSPS) is 29.8. The molecular formula is C34H39N3O5S. The van der Waals surface area contributed by atoms with Crippen LogP contribution in [0.1, 0.15) is 75.7 Å². The van der Waals surface area contributed by atoms with Crippen molar-refractivity contribution < 1.29 is 18.1 Å². The lowest BCUT2D eigenvalue weighted by molar-refractivity contribution is -0.384. The van der Waals surface area contributed by atoms with E-state index in [4.69, 9.17) is 0 Å². The Kier molecular flexibility index (Phi) is 7.19. The molecule has 8 nitrogen and oxygen atoms in total. The van der Waals surface area contributed by atoms with Gasteiger partial charge in [0.1, 0.15) is 5.69 Å². The molecule has 5 saturated carbocycles. The third-order valence-electron chi connectivity index (χ3n) is 10.9. The number of nitrogens with zero attached hydrogens (tertiary/aromatic N) is 1. The number of carbonyl (C=O) groups is 1. The van der Waals surface area contributed by atoms with Crippen molar-refractivity contribution >= 4 is 38.1 Å². The van der Waals surface area contributed by atoms with Crippen LogP contribution >= 0.6 is 0 Å². The van der Waals surface area contributed by atoms with Crippen LogP contribution in [0, 0.1) is 39.2 Å². The summed E-state index contributed by atoms with van der Waals surface area (Å²) in [6.45, 7) is 0.664. The van der Waals surface area contributed by atoms with Crippen molar-refractivity contribution in [3.63, 3.8) is 0 Å². The zero-order valence-electron chi connectivity index (χ0n) is 24.3. The molecule has 2 N–H and O–H groups in total. The van der Waals surface area contributed by atoms with Gasteiger partial charge >= 0.3 is 0 Å². The van der Waals surface area contributed by atoms with Crippen LogP contribution in [0.25, 0.3) is 10.8 Å². The Morgan fingerprint density at radius 1 is 0.907 bits per heavy atom. The fraction of sp³-hybridized carbons (Fsp3) is 0.500. The number of nitro groups is 1. The average molecular weight is 602 g/mol. The van der Waals surface area contributed by atoms with E-state index in [1.54, 1.807) is 0 Å². The molecular weight excluding hydrogens is 562 g/mol. The zero-order chi connectivity index (χ0) is 29.8. The summed E-state index contributed by atoms with van der Waals surface area (Å²) in [5.74, 6) is 1.13. The summed E-state index contributed by atoms with van der Waals surface area (Å²) >= 11 is 0. The standard InChI is InChI=1S/C34H39N3O5S/c38-33(30-10-4-3-9-29(30)28-11-5-7-25-6-1-2-8-27(25)28)36-43(41,42)26-12-13-31(32(17-26)37(39)40)35-21-34-18-22-14-23(19-34)16-24(15-22)20-34/h1-2,5-8,11-13,17,22-24,29-30,35H,3-4,9-10,14-16,18-21H2,(H,36,38). The van der Waals surface area contributed by atoms with Gasteiger partial charge in [-0.3, -0.25) is 14.9 Å². The number of rotatable bonds is 8.